The molecular weight excluding hydrogens is 250 g/mol. The molecule has 0 radical (unpaired) electrons. The number of halogens is 1. The average Bonchev–Trinajstić information content (AvgIpc) is 2.37. The van der Waals surface area contributed by atoms with E-state index in [1.54, 1.807) is 12.1 Å². The summed E-state index contributed by atoms with van der Waals surface area (Å²) in [6.45, 7) is 6.50. The van der Waals surface area contributed by atoms with Gasteiger partial charge in [-0.2, -0.15) is 0 Å². The molecule has 0 bridgehead atoms. The summed E-state index contributed by atoms with van der Waals surface area (Å²) < 4.78 is 0. The van der Waals surface area contributed by atoms with Gasteiger partial charge in [-0.05, 0) is 32.1 Å². The summed E-state index contributed by atoms with van der Waals surface area (Å²) in [7, 11) is 2.02. The summed E-state index contributed by atoms with van der Waals surface area (Å²) in [5.74, 6) is -0.0986. The Hall–Kier alpha value is -1.13. The van der Waals surface area contributed by atoms with E-state index in [0.717, 1.165) is 25.2 Å². The van der Waals surface area contributed by atoms with Crippen LogP contribution in [-0.4, -0.2) is 42.5 Å². The van der Waals surface area contributed by atoms with Crippen LogP contribution in [0, 0.1) is 0 Å². The van der Waals surface area contributed by atoms with Gasteiger partial charge in [0.15, 0.2) is 0 Å². The van der Waals surface area contributed by atoms with Gasteiger partial charge in [0.1, 0.15) is 5.15 Å². The number of pyridine rings is 1. The summed E-state index contributed by atoms with van der Waals surface area (Å²) in [6, 6.07) is 3.38. The topological polar surface area (TPSA) is 45.2 Å². The first-order chi connectivity index (χ1) is 8.56. The van der Waals surface area contributed by atoms with Crippen LogP contribution in [0.1, 0.15) is 29.9 Å². The highest BCUT2D eigenvalue weighted by Gasteiger charge is 2.08. The summed E-state index contributed by atoms with van der Waals surface area (Å²) in [5.41, 5.74) is 1.41. The van der Waals surface area contributed by atoms with Gasteiger partial charge >= 0.3 is 0 Å². The second-order valence-corrected chi connectivity index (χ2v) is 4.56. The predicted octanol–water partition coefficient (Wildman–Crippen LogP) is 1.98. The average molecular weight is 270 g/mol. The van der Waals surface area contributed by atoms with E-state index in [4.69, 9.17) is 11.6 Å². The first-order valence-electron chi connectivity index (χ1n) is 6.20. The van der Waals surface area contributed by atoms with Gasteiger partial charge in [0.25, 0.3) is 5.91 Å². The van der Waals surface area contributed by atoms with Gasteiger partial charge in [-0.25, -0.2) is 4.98 Å². The lowest BCUT2D eigenvalue weighted by molar-refractivity contribution is 0.0950. The van der Waals surface area contributed by atoms with E-state index in [-0.39, 0.29) is 5.91 Å². The van der Waals surface area contributed by atoms with E-state index in [1.165, 1.54) is 0 Å². The zero-order chi connectivity index (χ0) is 13.5. The van der Waals surface area contributed by atoms with Crippen molar-refractivity contribution in [3.05, 3.63) is 28.5 Å². The van der Waals surface area contributed by atoms with Crippen molar-refractivity contribution in [1.82, 2.24) is 15.2 Å². The molecule has 0 aliphatic carbocycles. The van der Waals surface area contributed by atoms with Gasteiger partial charge < -0.3 is 10.2 Å². The smallest absolute Gasteiger partial charge is 0.251 e. The normalized spacial score (nSPS) is 10.7. The molecule has 1 rings (SSSR count). The van der Waals surface area contributed by atoms with Crippen LogP contribution >= 0.6 is 11.6 Å². The molecule has 0 spiro atoms. The third kappa shape index (κ3) is 4.63. The van der Waals surface area contributed by atoms with Gasteiger partial charge in [-0.3, -0.25) is 4.79 Å². The zero-order valence-electron chi connectivity index (χ0n) is 11.2. The SMILES string of the molecule is CCc1cc(C(=O)NCCN(C)CC)cc(Cl)n1. The fourth-order valence-corrected chi connectivity index (χ4v) is 1.71. The zero-order valence-corrected chi connectivity index (χ0v) is 11.9. The minimum Gasteiger partial charge on any atom is -0.351 e. The Bertz CT molecular complexity index is 409. The number of rotatable bonds is 6. The molecule has 1 amide bonds. The second-order valence-electron chi connectivity index (χ2n) is 4.18. The van der Waals surface area contributed by atoms with Crippen LogP contribution in [0.15, 0.2) is 12.1 Å². The van der Waals surface area contributed by atoms with Crippen LogP contribution in [0.4, 0.5) is 0 Å². The number of carbonyl (C=O) groups is 1. The Balaban J connectivity index is 2.58. The van der Waals surface area contributed by atoms with E-state index >= 15 is 0 Å². The molecule has 0 saturated heterocycles. The number of hydrogen-bond acceptors (Lipinski definition) is 3. The van der Waals surface area contributed by atoms with E-state index in [9.17, 15) is 4.79 Å². The molecule has 1 heterocycles. The van der Waals surface area contributed by atoms with Crippen molar-refractivity contribution < 1.29 is 4.79 Å². The van der Waals surface area contributed by atoms with Crippen LogP contribution < -0.4 is 5.32 Å². The van der Waals surface area contributed by atoms with Crippen LogP contribution in [0.2, 0.25) is 5.15 Å². The summed E-state index contributed by atoms with van der Waals surface area (Å²) in [4.78, 5) is 18.2. The van der Waals surface area contributed by atoms with Gasteiger partial charge in [0, 0.05) is 24.3 Å². The maximum absolute atomic E-state index is 11.9. The molecule has 100 valence electrons. The molecule has 1 aromatic heterocycles. The van der Waals surface area contributed by atoms with Gasteiger partial charge in [0.05, 0.1) is 0 Å². The summed E-state index contributed by atoms with van der Waals surface area (Å²) in [5, 5.41) is 3.24. The largest absolute Gasteiger partial charge is 0.351 e. The highest BCUT2D eigenvalue weighted by atomic mass is 35.5. The lowest BCUT2D eigenvalue weighted by Crippen LogP contribution is -2.32. The summed E-state index contributed by atoms with van der Waals surface area (Å²) >= 11 is 5.88. The minimum absolute atomic E-state index is 0.0986. The van der Waals surface area contributed by atoms with Crippen molar-refractivity contribution >= 4 is 17.5 Å². The Labute approximate surface area is 113 Å². The number of likely N-dealkylation sites (N-methyl/N-ethyl adjacent to an activating group) is 1. The van der Waals surface area contributed by atoms with Crippen molar-refractivity contribution in [2.75, 3.05) is 26.7 Å². The Morgan fingerprint density at radius 1 is 1.44 bits per heavy atom. The molecule has 0 aromatic carbocycles. The van der Waals surface area contributed by atoms with Crippen LogP contribution in [-0.2, 0) is 6.42 Å². The lowest BCUT2D eigenvalue weighted by atomic mass is 10.2. The fraction of sp³-hybridized carbons (Fsp3) is 0.538. The van der Waals surface area contributed by atoms with Crippen molar-refractivity contribution in [3.63, 3.8) is 0 Å². The Morgan fingerprint density at radius 2 is 2.17 bits per heavy atom. The van der Waals surface area contributed by atoms with Crippen molar-refractivity contribution in [3.8, 4) is 0 Å². The molecule has 0 aliphatic heterocycles. The monoisotopic (exact) mass is 269 g/mol. The van der Waals surface area contributed by atoms with E-state index in [2.05, 4.69) is 22.1 Å². The number of amides is 1. The number of carbonyl (C=O) groups excluding carboxylic acids is 1. The molecule has 1 aromatic rings. The first-order valence-corrected chi connectivity index (χ1v) is 6.57. The quantitative estimate of drug-likeness (QED) is 0.804. The van der Waals surface area contributed by atoms with Crippen molar-refractivity contribution in [2.24, 2.45) is 0 Å². The predicted molar refractivity (Wildman–Crippen MR) is 74.1 cm³/mol. The fourth-order valence-electron chi connectivity index (χ4n) is 1.48. The Kier molecular flexibility index (Phi) is 6.09. The molecule has 0 saturated carbocycles. The lowest BCUT2D eigenvalue weighted by Gasteiger charge is -2.14. The third-order valence-corrected chi connectivity index (χ3v) is 2.98. The number of hydrogen-bond donors (Lipinski definition) is 1. The first kappa shape index (κ1) is 14.9. The van der Waals surface area contributed by atoms with E-state index in [0.29, 0.717) is 17.3 Å². The molecule has 1 N–H and O–H groups in total. The molecule has 5 heteroatoms. The van der Waals surface area contributed by atoms with Gasteiger partial charge in [-0.15, -0.1) is 0 Å². The van der Waals surface area contributed by atoms with Crippen LogP contribution in [0.3, 0.4) is 0 Å². The van der Waals surface area contributed by atoms with Crippen molar-refractivity contribution in [2.45, 2.75) is 20.3 Å². The minimum atomic E-state index is -0.0986. The maximum atomic E-state index is 11.9. The van der Waals surface area contributed by atoms with Crippen LogP contribution in [0.25, 0.3) is 0 Å². The van der Waals surface area contributed by atoms with E-state index < -0.39 is 0 Å². The number of nitrogens with one attached hydrogen (secondary N) is 1. The number of aryl methyl sites for hydroxylation is 1. The Morgan fingerprint density at radius 3 is 2.78 bits per heavy atom. The molecule has 0 aliphatic rings. The van der Waals surface area contributed by atoms with Gasteiger partial charge in [-0.1, -0.05) is 25.4 Å². The van der Waals surface area contributed by atoms with E-state index in [1.807, 2.05) is 14.0 Å². The van der Waals surface area contributed by atoms with Crippen LogP contribution in [0.5, 0.6) is 0 Å². The number of aromatic nitrogens is 1. The highest BCUT2D eigenvalue weighted by molar-refractivity contribution is 6.29. The van der Waals surface area contributed by atoms with Gasteiger partial charge in [0.2, 0.25) is 0 Å². The highest BCUT2D eigenvalue weighted by Crippen LogP contribution is 2.11. The molecule has 18 heavy (non-hydrogen) atoms. The molecule has 4 nitrogen and oxygen atoms in total. The molecule has 0 unspecified atom stereocenters. The molecular formula is C13H20ClN3O. The maximum Gasteiger partial charge on any atom is 0.251 e. The number of nitrogens with zero attached hydrogens (tertiary/aromatic N) is 2. The van der Waals surface area contributed by atoms with Crippen molar-refractivity contribution in [1.29, 1.82) is 0 Å². The second kappa shape index (κ2) is 7.34. The third-order valence-electron chi connectivity index (χ3n) is 2.79. The summed E-state index contributed by atoms with van der Waals surface area (Å²) in [6.07, 6.45) is 0.763. The molecule has 0 atom stereocenters. The molecule has 0 fully saturated rings. The standard InChI is InChI=1S/C13H20ClN3O/c1-4-11-8-10(9-12(14)16-11)13(18)15-6-7-17(3)5-2/h8-9H,4-7H2,1-3H3,(H,15,18).